The maximum absolute atomic E-state index is 12.8. The molecular weight excluding hydrogens is 594 g/mol. The molecule has 0 saturated carbocycles. The van der Waals surface area contributed by atoms with E-state index in [1.807, 2.05) is 6.07 Å². The molecule has 33 heavy (non-hydrogen) atoms. The van der Waals surface area contributed by atoms with Crippen LogP contribution in [0.3, 0.4) is 0 Å². The van der Waals surface area contributed by atoms with Crippen LogP contribution in [0, 0.1) is 3.57 Å². The van der Waals surface area contributed by atoms with Crippen molar-refractivity contribution in [2.24, 2.45) is 0 Å². The number of nitrogens with one attached hydrogen (secondary N) is 1. The van der Waals surface area contributed by atoms with Gasteiger partial charge in [-0.1, -0.05) is 35.3 Å². The zero-order valence-corrected chi connectivity index (χ0v) is 22.0. The van der Waals surface area contributed by atoms with Crippen molar-refractivity contribution >= 4 is 80.7 Å². The van der Waals surface area contributed by atoms with Gasteiger partial charge in [0, 0.05) is 24.9 Å². The maximum atomic E-state index is 12.8. The number of carbonyl (C=O) groups excluding carboxylic acids is 2. The van der Waals surface area contributed by atoms with Gasteiger partial charge in [-0.2, -0.15) is 0 Å². The van der Waals surface area contributed by atoms with E-state index in [-0.39, 0.29) is 24.2 Å². The number of benzene rings is 3. The quantitative estimate of drug-likeness (QED) is 0.196. The first-order valence-corrected chi connectivity index (χ1v) is 12.1. The van der Waals surface area contributed by atoms with Crippen molar-refractivity contribution in [1.82, 2.24) is 5.32 Å². The van der Waals surface area contributed by atoms with Gasteiger partial charge >= 0.3 is 5.97 Å². The van der Waals surface area contributed by atoms with Gasteiger partial charge in [0.25, 0.3) is 5.91 Å². The van der Waals surface area contributed by atoms with Crippen LogP contribution in [0.15, 0.2) is 66.7 Å². The Morgan fingerprint density at radius 1 is 1.03 bits per heavy atom. The summed E-state index contributed by atoms with van der Waals surface area (Å²) < 4.78 is 5.98. The third-order valence-electron chi connectivity index (χ3n) is 4.59. The van der Waals surface area contributed by atoms with Crippen LogP contribution in [0.25, 0.3) is 0 Å². The number of carbonyl (C=O) groups is 2. The summed E-state index contributed by atoms with van der Waals surface area (Å²) in [5, 5.41) is 3.97. The fourth-order valence-electron chi connectivity index (χ4n) is 2.96. The molecular formula is C24H19Cl2IN2O3S. The predicted octanol–water partition coefficient (Wildman–Crippen LogP) is 6.50. The topological polar surface area (TPSA) is 58.6 Å². The zero-order valence-electron chi connectivity index (χ0n) is 17.5. The van der Waals surface area contributed by atoms with Crippen molar-refractivity contribution in [3.8, 4) is 0 Å². The van der Waals surface area contributed by atoms with Crippen LogP contribution in [-0.2, 0) is 11.3 Å². The van der Waals surface area contributed by atoms with Crippen LogP contribution in [-0.4, -0.2) is 23.6 Å². The van der Waals surface area contributed by atoms with Gasteiger partial charge in [0.15, 0.2) is 5.11 Å². The van der Waals surface area contributed by atoms with Crippen molar-refractivity contribution < 1.29 is 14.3 Å². The summed E-state index contributed by atoms with van der Waals surface area (Å²) in [6.07, 6.45) is 0. The summed E-state index contributed by atoms with van der Waals surface area (Å²) >= 11 is 20.1. The highest BCUT2D eigenvalue weighted by molar-refractivity contribution is 14.1. The molecule has 0 fully saturated rings. The first-order chi connectivity index (χ1) is 15.8. The number of thiocarbonyl (C=S) groups is 1. The summed E-state index contributed by atoms with van der Waals surface area (Å²) in [6.45, 7) is 2.31. The lowest BCUT2D eigenvalue weighted by molar-refractivity contribution is 0.0526. The number of hydrogen-bond acceptors (Lipinski definition) is 4. The smallest absolute Gasteiger partial charge is 0.338 e. The second kappa shape index (κ2) is 11.8. The summed E-state index contributed by atoms with van der Waals surface area (Å²) in [6, 6.07) is 19.1. The van der Waals surface area contributed by atoms with Gasteiger partial charge in [0.1, 0.15) is 0 Å². The summed E-state index contributed by atoms with van der Waals surface area (Å²) in [5.74, 6) is -0.736. The lowest BCUT2D eigenvalue weighted by atomic mass is 10.1. The molecule has 0 aliphatic carbocycles. The molecule has 0 aliphatic rings. The van der Waals surface area contributed by atoms with E-state index in [0.717, 1.165) is 9.13 Å². The minimum Gasteiger partial charge on any atom is -0.462 e. The van der Waals surface area contributed by atoms with Crippen LogP contribution in [0.1, 0.15) is 33.2 Å². The fraction of sp³-hybridized carbons (Fsp3) is 0.125. The number of ether oxygens (including phenoxy) is 1. The van der Waals surface area contributed by atoms with Gasteiger partial charge < -0.3 is 9.64 Å². The minimum atomic E-state index is -0.411. The number of nitrogens with zero attached hydrogens (tertiary/aromatic N) is 1. The van der Waals surface area contributed by atoms with Crippen LogP contribution < -0.4 is 10.2 Å². The fourth-order valence-corrected chi connectivity index (χ4v) is 4.23. The Morgan fingerprint density at radius 2 is 1.76 bits per heavy atom. The number of halogens is 3. The molecule has 9 heteroatoms. The maximum Gasteiger partial charge on any atom is 0.338 e. The van der Waals surface area contributed by atoms with Gasteiger partial charge in [-0.15, -0.1) is 0 Å². The van der Waals surface area contributed by atoms with E-state index in [2.05, 4.69) is 27.9 Å². The van der Waals surface area contributed by atoms with Crippen molar-refractivity contribution in [2.75, 3.05) is 11.5 Å². The Balaban J connectivity index is 1.89. The molecule has 0 aliphatic heterocycles. The third-order valence-corrected chi connectivity index (χ3v) is 6.17. The molecule has 3 rings (SSSR count). The molecule has 0 radical (unpaired) electrons. The Kier molecular flexibility index (Phi) is 9.08. The number of hydrogen-bond donors (Lipinski definition) is 1. The van der Waals surface area contributed by atoms with E-state index in [1.165, 1.54) is 0 Å². The molecule has 3 aromatic rings. The van der Waals surface area contributed by atoms with E-state index < -0.39 is 5.97 Å². The molecule has 170 valence electrons. The van der Waals surface area contributed by atoms with E-state index in [1.54, 1.807) is 72.5 Å². The Hall–Kier alpha value is -2.20. The van der Waals surface area contributed by atoms with Gasteiger partial charge in [0.05, 0.1) is 18.7 Å². The first kappa shape index (κ1) is 25.4. The van der Waals surface area contributed by atoms with Gasteiger partial charge in [-0.3, -0.25) is 10.1 Å². The van der Waals surface area contributed by atoms with Crippen molar-refractivity contribution in [3.05, 3.63) is 97.0 Å². The lowest BCUT2D eigenvalue weighted by Gasteiger charge is -2.26. The Morgan fingerprint density at radius 3 is 2.39 bits per heavy atom. The average Bonchev–Trinajstić information content (AvgIpc) is 2.79. The molecule has 5 nitrogen and oxygen atoms in total. The molecule has 1 N–H and O–H groups in total. The summed E-state index contributed by atoms with van der Waals surface area (Å²) in [4.78, 5) is 26.5. The second-order valence-corrected chi connectivity index (χ2v) is 9.33. The van der Waals surface area contributed by atoms with E-state index in [0.29, 0.717) is 26.9 Å². The Bertz CT molecular complexity index is 1190. The number of rotatable bonds is 6. The highest BCUT2D eigenvalue weighted by Gasteiger charge is 2.19. The zero-order chi connectivity index (χ0) is 24.0. The molecule has 0 spiro atoms. The highest BCUT2D eigenvalue weighted by atomic mass is 127. The predicted molar refractivity (Wildman–Crippen MR) is 144 cm³/mol. The molecule has 0 aromatic heterocycles. The monoisotopic (exact) mass is 612 g/mol. The molecule has 1 amide bonds. The average molecular weight is 613 g/mol. The summed E-state index contributed by atoms with van der Waals surface area (Å²) in [5.41, 5.74) is 2.34. The number of esters is 1. The molecule has 0 unspecified atom stereocenters. The number of anilines is 1. The van der Waals surface area contributed by atoms with Gasteiger partial charge in [-0.25, -0.2) is 4.79 Å². The SMILES string of the molecule is CCOC(=O)c1ccc(N(Cc2ccc(Cl)cc2Cl)C(=S)NC(=O)c2cccc(I)c2)cc1. The standard InChI is InChI=1S/C24H19Cl2IN2O3S/c1-2-32-23(31)15-7-10-20(11-8-15)29(14-17-6-9-18(25)13-21(17)26)24(33)28-22(30)16-4-3-5-19(27)12-16/h3-13H,2,14H2,1H3,(H,28,30,33). The Labute approximate surface area is 221 Å². The van der Waals surface area contributed by atoms with E-state index >= 15 is 0 Å². The van der Waals surface area contributed by atoms with Crippen molar-refractivity contribution in [1.29, 1.82) is 0 Å². The van der Waals surface area contributed by atoms with Crippen LogP contribution in [0.2, 0.25) is 10.0 Å². The molecule has 0 heterocycles. The molecule has 0 atom stereocenters. The normalized spacial score (nSPS) is 10.4. The molecule has 0 saturated heterocycles. The van der Waals surface area contributed by atoms with Crippen molar-refractivity contribution in [2.45, 2.75) is 13.5 Å². The minimum absolute atomic E-state index is 0.189. The third kappa shape index (κ3) is 6.89. The van der Waals surface area contributed by atoms with E-state index in [9.17, 15) is 9.59 Å². The van der Waals surface area contributed by atoms with E-state index in [4.69, 9.17) is 40.2 Å². The lowest BCUT2D eigenvalue weighted by Crippen LogP contribution is -2.42. The van der Waals surface area contributed by atoms with Gasteiger partial charge in [-0.05, 0) is 102 Å². The number of amides is 1. The second-order valence-electron chi connectivity index (χ2n) is 6.86. The highest BCUT2D eigenvalue weighted by Crippen LogP contribution is 2.25. The summed E-state index contributed by atoms with van der Waals surface area (Å²) in [7, 11) is 0. The molecule has 0 bridgehead atoms. The van der Waals surface area contributed by atoms with Crippen LogP contribution >= 0.6 is 58.0 Å². The van der Waals surface area contributed by atoms with Crippen LogP contribution in [0.5, 0.6) is 0 Å². The van der Waals surface area contributed by atoms with Crippen molar-refractivity contribution in [3.63, 3.8) is 0 Å². The largest absolute Gasteiger partial charge is 0.462 e. The first-order valence-electron chi connectivity index (χ1n) is 9.88. The van der Waals surface area contributed by atoms with Gasteiger partial charge in [0.2, 0.25) is 0 Å². The van der Waals surface area contributed by atoms with Crippen LogP contribution in [0.4, 0.5) is 5.69 Å². The molecule has 3 aromatic carbocycles.